The molecule has 104 valence electrons. The number of carbonyl (C=O) groups excluding carboxylic acids is 1. The number of benzene rings is 1. The van der Waals surface area contributed by atoms with Crippen molar-refractivity contribution in [3.8, 4) is 17.3 Å². The van der Waals surface area contributed by atoms with Crippen molar-refractivity contribution < 1.29 is 13.9 Å². The summed E-state index contributed by atoms with van der Waals surface area (Å²) in [6.45, 7) is 0. The minimum atomic E-state index is -0.732. The Bertz CT molecular complexity index is 671. The zero-order valence-electron chi connectivity index (χ0n) is 10.2. The van der Waals surface area contributed by atoms with E-state index in [1.165, 1.54) is 13.3 Å². The summed E-state index contributed by atoms with van der Waals surface area (Å²) < 4.78 is 18.1. The molecule has 0 fully saturated rings. The molecular formula is C12H8Cl2FN3O2. The Hall–Kier alpha value is -1.92. The van der Waals surface area contributed by atoms with E-state index in [-0.39, 0.29) is 32.9 Å². The molecule has 1 amide bonds. The molecule has 1 aromatic heterocycles. The molecule has 0 saturated heterocycles. The molecule has 0 saturated carbocycles. The van der Waals surface area contributed by atoms with Gasteiger partial charge in [0.1, 0.15) is 11.4 Å². The third kappa shape index (κ3) is 2.66. The van der Waals surface area contributed by atoms with Crippen LogP contribution < -0.4 is 10.5 Å². The minimum absolute atomic E-state index is 0.0149. The molecule has 0 aliphatic rings. The fourth-order valence-corrected chi connectivity index (χ4v) is 2.20. The van der Waals surface area contributed by atoms with Gasteiger partial charge in [0.05, 0.1) is 22.7 Å². The average Bonchev–Trinajstić information content (AvgIpc) is 2.37. The van der Waals surface area contributed by atoms with E-state index < -0.39 is 11.7 Å². The molecule has 0 radical (unpaired) electrons. The molecule has 1 heterocycles. The number of carbonyl (C=O) groups is 1. The number of aromatic nitrogens is 2. The number of nitrogens with two attached hydrogens (primary N) is 1. The van der Waals surface area contributed by atoms with Crippen molar-refractivity contribution in [1.82, 2.24) is 9.97 Å². The van der Waals surface area contributed by atoms with E-state index in [4.69, 9.17) is 33.7 Å². The largest absolute Gasteiger partial charge is 0.480 e. The van der Waals surface area contributed by atoms with Crippen LogP contribution in [0.15, 0.2) is 18.3 Å². The lowest BCUT2D eigenvalue weighted by Gasteiger charge is -2.09. The van der Waals surface area contributed by atoms with Gasteiger partial charge in [0, 0.05) is 6.20 Å². The van der Waals surface area contributed by atoms with Gasteiger partial charge >= 0.3 is 0 Å². The molecule has 0 bridgehead atoms. The van der Waals surface area contributed by atoms with Gasteiger partial charge in [-0.1, -0.05) is 23.2 Å². The lowest BCUT2D eigenvalue weighted by atomic mass is 10.2. The number of hydrogen-bond acceptors (Lipinski definition) is 4. The fourth-order valence-electron chi connectivity index (χ4n) is 1.57. The standard InChI is InChI=1S/C12H8Cl2FN3O2/c1-20-12-6(10(16)19)4-17-11(18-12)9-7(13)2-5(15)3-8(9)14/h2-4H,1H3,(H2,16,19). The number of halogens is 3. The van der Waals surface area contributed by atoms with E-state index in [2.05, 4.69) is 9.97 Å². The number of nitrogens with zero attached hydrogens (tertiary/aromatic N) is 2. The number of methoxy groups -OCH3 is 1. The van der Waals surface area contributed by atoms with E-state index in [1.807, 2.05) is 0 Å². The smallest absolute Gasteiger partial charge is 0.255 e. The summed E-state index contributed by atoms with van der Waals surface area (Å²) in [5.74, 6) is -1.23. The highest BCUT2D eigenvalue weighted by molar-refractivity contribution is 6.39. The number of ether oxygens (including phenoxy) is 1. The van der Waals surface area contributed by atoms with E-state index >= 15 is 0 Å². The first kappa shape index (κ1) is 14.5. The van der Waals surface area contributed by atoms with Crippen LogP contribution in [0, 0.1) is 5.82 Å². The van der Waals surface area contributed by atoms with Crippen LogP contribution in [0.2, 0.25) is 10.0 Å². The summed E-state index contributed by atoms with van der Waals surface area (Å²) in [5.41, 5.74) is 5.42. The highest BCUT2D eigenvalue weighted by atomic mass is 35.5. The molecule has 1 aromatic carbocycles. The van der Waals surface area contributed by atoms with Gasteiger partial charge in [-0.3, -0.25) is 4.79 Å². The van der Waals surface area contributed by atoms with Gasteiger partial charge in [0.15, 0.2) is 5.82 Å². The van der Waals surface area contributed by atoms with Crippen molar-refractivity contribution in [2.24, 2.45) is 5.73 Å². The summed E-state index contributed by atoms with van der Waals surface area (Å²) in [4.78, 5) is 19.1. The van der Waals surface area contributed by atoms with Crippen molar-refractivity contribution in [2.75, 3.05) is 7.11 Å². The average molecular weight is 316 g/mol. The van der Waals surface area contributed by atoms with Crippen LogP contribution in [0.4, 0.5) is 4.39 Å². The maximum absolute atomic E-state index is 13.1. The van der Waals surface area contributed by atoms with E-state index in [0.717, 1.165) is 12.1 Å². The Morgan fingerprint density at radius 2 is 1.95 bits per heavy atom. The van der Waals surface area contributed by atoms with Crippen molar-refractivity contribution in [2.45, 2.75) is 0 Å². The molecule has 0 aliphatic carbocycles. The van der Waals surface area contributed by atoms with Crippen molar-refractivity contribution >= 4 is 29.1 Å². The molecule has 20 heavy (non-hydrogen) atoms. The predicted octanol–water partition coefficient (Wildman–Crippen LogP) is 2.70. The molecule has 8 heteroatoms. The van der Waals surface area contributed by atoms with Crippen molar-refractivity contribution in [3.05, 3.63) is 39.8 Å². The van der Waals surface area contributed by atoms with Crippen LogP contribution in [-0.4, -0.2) is 23.0 Å². The molecule has 2 rings (SSSR count). The predicted molar refractivity (Wildman–Crippen MR) is 72.5 cm³/mol. The SMILES string of the molecule is COc1nc(-c2c(Cl)cc(F)cc2Cl)ncc1C(N)=O. The van der Waals surface area contributed by atoms with Crippen LogP contribution in [0.1, 0.15) is 10.4 Å². The van der Waals surface area contributed by atoms with Gasteiger partial charge in [-0.2, -0.15) is 4.98 Å². The lowest BCUT2D eigenvalue weighted by molar-refractivity contribution is 0.0996. The van der Waals surface area contributed by atoms with Crippen LogP contribution in [-0.2, 0) is 0 Å². The van der Waals surface area contributed by atoms with Crippen LogP contribution >= 0.6 is 23.2 Å². The summed E-state index contributed by atoms with van der Waals surface area (Å²) in [5, 5.41) is 0.0905. The first-order chi connectivity index (χ1) is 9.43. The molecule has 0 atom stereocenters. The van der Waals surface area contributed by atoms with Gasteiger partial charge < -0.3 is 10.5 Å². The van der Waals surface area contributed by atoms with Crippen molar-refractivity contribution in [3.63, 3.8) is 0 Å². The van der Waals surface area contributed by atoms with Crippen LogP contribution in [0.3, 0.4) is 0 Å². The van der Waals surface area contributed by atoms with Gasteiger partial charge in [0.2, 0.25) is 5.88 Å². The first-order valence-corrected chi connectivity index (χ1v) is 6.05. The van der Waals surface area contributed by atoms with Gasteiger partial charge in [-0.15, -0.1) is 0 Å². The Morgan fingerprint density at radius 1 is 1.35 bits per heavy atom. The van der Waals surface area contributed by atoms with Crippen molar-refractivity contribution in [1.29, 1.82) is 0 Å². The highest BCUT2D eigenvalue weighted by Crippen LogP contribution is 2.34. The number of rotatable bonds is 3. The summed E-state index contributed by atoms with van der Waals surface area (Å²) in [6.07, 6.45) is 1.19. The lowest BCUT2D eigenvalue weighted by Crippen LogP contribution is -2.14. The van der Waals surface area contributed by atoms with E-state index in [9.17, 15) is 9.18 Å². The maximum Gasteiger partial charge on any atom is 0.255 e. The zero-order valence-corrected chi connectivity index (χ0v) is 11.7. The summed E-state index contributed by atoms with van der Waals surface area (Å²) in [7, 11) is 1.33. The summed E-state index contributed by atoms with van der Waals surface area (Å²) >= 11 is 11.9. The molecule has 0 spiro atoms. The molecule has 0 aliphatic heterocycles. The second-order valence-electron chi connectivity index (χ2n) is 3.73. The minimum Gasteiger partial charge on any atom is -0.480 e. The zero-order chi connectivity index (χ0) is 14.9. The number of hydrogen-bond donors (Lipinski definition) is 1. The van der Waals surface area contributed by atoms with Gasteiger partial charge in [-0.25, -0.2) is 9.37 Å². The number of primary amides is 1. The van der Waals surface area contributed by atoms with Gasteiger partial charge in [-0.05, 0) is 12.1 Å². The molecular weight excluding hydrogens is 308 g/mol. The quantitative estimate of drug-likeness (QED) is 0.944. The van der Waals surface area contributed by atoms with E-state index in [1.54, 1.807) is 0 Å². The normalized spacial score (nSPS) is 10.4. The fraction of sp³-hybridized carbons (Fsp3) is 0.0833. The second-order valence-corrected chi connectivity index (χ2v) is 4.54. The number of amides is 1. The van der Waals surface area contributed by atoms with Crippen LogP contribution in [0.5, 0.6) is 5.88 Å². The molecule has 5 nitrogen and oxygen atoms in total. The maximum atomic E-state index is 13.1. The highest BCUT2D eigenvalue weighted by Gasteiger charge is 2.18. The second kappa shape index (κ2) is 5.60. The van der Waals surface area contributed by atoms with E-state index in [0.29, 0.717) is 0 Å². The van der Waals surface area contributed by atoms with Gasteiger partial charge in [0.25, 0.3) is 5.91 Å². The molecule has 2 aromatic rings. The monoisotopic (exact) mass is 315 g/mol. The summed E-state index contributed by atoms with van der Waals surface area (Å²) in [6, 6.07) is 2.17. The third-order valence-corrected chi connectivity index (χ3v) is 3.04. The Labute approximate surface area is 123 Å². The first-order valence-electron chi connectivity index (χ1n) is 5.29. The van der Waals surface area contributed by atoms with Crippen LogP contribution in [0.25, 0.3) is 11.4 Å². The molecule has 0 unspecified atom stereocenters. The Morgan fingerprint density at radius 3 is 2.45 bits per heavy atom. The molecule has 2 N–H and O–H groups in total. The topological polar surface area (TPSA) is 78.1 Å². The Kier molecular flexibility index (Phi) is 4.06. The third-order valence-electron chi connectivity index (χ3n) is 2.44. The Balaban J connectivity index is 2.63.